The smallest absolute Gasteiger partial charge is 0.262 e. The van der Waals surface area contributed by atoms with Gasteiger partial charge in [0, 0.05) is 22.9 Å². The third-order valence-electron chi connectivity index (χ3n) is 3.20. The van der Waals surface area contributed by atoms with Crippen molar-refractivity contribution in [2.45, 2.75) is 32.3 Å². The summed E-state index contributed by atoms with van der Waals surface area (Å²) in [6, 6.07) is 5.93. The molecule has 0 aliphatic carbocycles. The molecule has 4 nitrogen and oxygen atoms in total. The molecule has 1 aromatic rings. The van der Waals surface area contributed by atoms with Gasteiger partial charge in [0.15, 0.2) is 0 Å². The number of aryl methyl sites for hydroxylation is 1. The molecule has 0 spiro atoms. The van der Waals surface area contributed by atoms with E-state index in [9.17, 15) is 4.79 Å². The lowest BCUT2D eigenvalue weighted by molar-refractivity contribution is -0.117. The molecule has 1 atom stereocenters. The molecular weight excluding hydrogens is 272 g/mol. The van der Waals surface area contributed by atoms with E-state index in [1.807, 2.05) is 18.2 Å². The zero-order chi connectivity index (χ0) is 14.4. The summed E-state index contributed by atoms with van der Waals surface area (Å²) in [4.78, 5) is 14.1. The van der Waals surface area contributed by atoms with Crippen LogP contribution in [0.5, 0.6) is 0 Å². The number of thiophene rings is 1. The van der Waals surface area contributed by atoms with Gasteiger partial charge in [0.1, 0.15) is 11.6 Å². The van der Waals surface area contributed by atoms with Crippen LogP contribution in [-0.4, -0.2) is 25.2 Å². The quantitative estimate of drug-likeness (QED) is 0.669. The number of nitriles is 1. The van der Waals surface area contributed by atoms with Crippen molar-refractivity contribution in [3.8, 4) is 6.07 Å². The van der Waals surface area contributed by atoms with E-state index in [-0.39, 0.29) is 17.6 Å². The Morgan fingerprint density at radius 3 is 3.10 bits per heavy atom. The maximum absolute atomic E-state index is 12.0. The number of carbonyl (C=O) groups excluding carboxylic acids is 1. The van der Waals surface area contributed by atoms with Crippen LogP contribution in [0.15, 0.2) is 17.7 Å². The lowest BCUT2D eigenvalue weighted by Gasteiger charge is -2.09. The van der Waals surface area contributed by atoms with Gasteiger partial charge in [-0.05, 0) is 37.5 Å². The van der Waals surface area contributed by atoms with Crippen LogP contribution in [0.2, 0.25) is 0 Å². The molecular formula is C15H18N2O2S. The third kappa shape index (κ3) is 3.92. The van der Waals surface area contributed by atoms with Gasteiger partial charge in [0.25, 0.3) is 5.91 Å². The summed E-state index contributed by atoms with van der Waals surface area (Å²) < 4.78 is 5.44. The summed E-state index contributed by atoms with van der Waals surface area (Å²) in [6.07, 6.45) is 4.71. The standard InChI is InChI=1S/C15H18N2O2S/c1-2-13-5-6-14(20-13)8-11(9-16)15(18)17-10-12-4-3-7-19-12/h5-6,8,12H,2-4,7,10H2,1H3,(H,17,18). The molecule has 0 aromatic carbocycles. The molecule has 2 heterocycles. The second-order valence-corrected chi connectivity index (χ2v) is 5.87. The Kier molecular flexibility index (Phi) is 5.33. The van der Waals surface area contributed by atoms with Crippen molar-refractivity contribution in [1.82, 2.24) is 5.32 Å². The van der Waals surface area contributed by atoms with Gasteiger partial charge >= 0.3 is 0 Å². The first kappa shape index (κ1) is 14.8. The predicted octanol–water partition coefficient (Wildman–Crippen LogP) is 2.51. The Morgan fingerprint density at radius 2 is 2.50 bits per heavy atom. The van der Waals surface area contributed by atoms with Crippen LogP contribution in [0.3, 0.4) is 0 Å². The van der Waals surface area contributed by atoms with Crippen molar-refractivity contribution in [2.24, 2.45) is 0 Å². The Labute approximate surface area is 123 Å². The Bertz CT molecular complexity index is 536. The van der Waals surface area contributed by atoms with Crippen LogP contribution in [0.25, 0.3) is 6.08 Å². The van der Waals surface area contributed by atoms with Gasteiger partial charge < -0.3 is 10.1 Å². The number of amides is 1. The van der Waals surface area contributed by atoms with E-state index in [1.165, 1.54) is 4.88 Å². The van der Waals surface area contributed by atoms with Crippen molar-refractivity contribution in [3.05, 3.63) is 27.5 Å². The van der Waals surface area contributed by atoms with Crippen molar-refractivity contribution in [1.29, 1.82) is 5.26 Å². The maximum Gasteiger partial charge on any atom is 0.262 e. The van der Waals surface area contributed by atoms with Gasteiger partial charge in [0.2, 0.25) is 0 Å². The highest BCUT2D eigenvalue weighted by Crippen LogP contribution is 2.19. The second-order valence-electron chi connectivity index (χ2n) is 4.67. The minimum Gasteiger partial charge on any atom is -0.376 e. The fourth-order valence-corrected chi connectivity index (χ4v) is 2.96. The molecule has 1 aliphatic rings. The largest absolute Gasteiger partial charge is 0.376 e. The summed E-state index contributed by atoms with van der Waals surface area (Å²) in [6.45, 7) is 3.32. The predicted molar refractivity (Wildman–Crippen MR) is 79.3 cm³/mol. The molecule has 1 fully saturated rings. The molecule has 2 rings (SSSR count). The summed E-state index contributed by atoms with van der Waals surface area (Å²) in [7, 11) is 0. The molecule has 1 aliphatic heterocycles. The Balaban J connectivity index is 1.95. The first-order valence-electron chi connectivity index (χ1n) is 6.83. The van der Waals surface area contributed by atoms with E-state index in [1.54, 1.807) is 17.4 Å². The van der Waals surface area contributed by atoms with E-state index in [0.717, 1.165) is 30.7 Å². The highest BCUT2D eigenvalue weighted by Gasteiger charge is 2.17. The molecule has 1 N–H and O–H groups in total. The van der Waals surface area contributed by atoms with Gasteiger partial charge in [-0.2, -0.15) is 5.26 Å². The summed E-state index contributed by atoms with van der Waals surface area (Å²) >= 11 is 1.61. The lowest BCUT2D eigenvalue weighted by atomic mass is 10.2. The average molecular weight is 290 g/mol. The van der Waals surface area contributed by atoms with Gasteiger partial charge in [-0.15, -0.1) is 11.3 Å². The van der Waals surface area contributed by atoms with Crippen LogP contribution in [-0.2, 0) is 16.0 Å². The van der Waals surface area contributed by atoms with E-state index < -0.39 is 0 Å². The normalized spacial score (nSPS) is 18.8. The number of rotatable bonds is 5. The third-order valence-corrected chi connectivity index (χ3v) is 4.37. The van der Waals surface area contributed by atoms with Crippen LogP contribution >= 0.6 is 11.3 Å². The molecule has 5 heteroatoms. The second kappa shape index (κ2) is 7.22. The Morgan fingerprint density at radius 1 is 1.65 bits per heavy atom. The van der Waals surface area contributed by atoms with Crippen LogP contribution in [0, 0.1) is 11.3 Å². The zero-order valence-corrected chi connectivity index (χ0v) is 12.3. The molecule has 1 saturated heterocycles. The summed E-state index contributed by atoms with van der Waals surface area (Å²) in [5.41, 5.74) is 0.146. The molecule has 1 amide bonds. The summed E-state index contributed by atoms with van der Waals surface area (Å²) in [5.74, 6) is -0.325. The molecule has 106 valence electrons. The van der Waals surface area contributed by atoms with Crippen LogP contribution < -0.4 is 5.32 Å². The van der Waals surface area contributed by atoms with Crippen molar-refractivity contribution >= 4 is 23.3 Å². The SMILES string of the molecule is CCc1ccc(C=C(C#N)C(=O)NCC2CCCO2)s1. The molecule has 0 bridgehead atoms. The number of ether oxygens (including phenoxy) is 1. The fraction of sp³-hybridized carbons (Fsp3) is 0.467. The highest BCUT2D eigenvalue weighted by molar-refractivity contribution is 7.12. The minimum atomic E-state index is -0.325. The number of hydrogen-bond donors (Lipinski definition) is 1. The first-order chi connectivity index (χ1) is 9.72. The highest BCUT2D eigenvalue weighted by atomic mass is 32.1. The van der Waals surface area contributed by atoms with Crippen molar-refractivity contribution in [3.63, 3.8) is 0 Å². The summed E-state index contributed by atoms with van der Waals surface area (Å²) in [5, 5.41) is 11.9. The van der Waals surface area contributed by atoms with Crippen LogP contribution in [0.4, 0.5) is 0 Å². The van der Waals surface area contributed by atoms with E-state index in [4.69, 9.17) is 10.00 Å². The number of nitrogens with one attached hydrogen (secondary N) is 1. The van der Waals surface area contributed by atoms with Crippen molar-refractivity contribution in [2.75, 3.05) is 13.2 Å². The number of hydrogen-bond acceptors (Lipinski definition) is 4. The monoisotopic (exact) mass is 290 g/mol. The molecule has 0 radical (unpaired) electrons. The van der Waals surface area contributed by atoms with Crippen molar-refractivity contribution < 1.29 is 9.53 Å². The molecule has 0 saturated carbocycles. The number of nitrogens with zero attached hydrogens (tertiary/aromatic N) is 1. The topological polar surface area (TPSA) is 62.1 Å². The fourth-order valence-electron chi connectivity index (χ4n) is 2.06. The molecule has 20 heavy (non-hydrogen) atoms. The average Bonchev–Trinajstić information content (AvgIpc) is 3.13. The van der Waals surface area contributed by atoms with E-state index in [2.05, 4.69) is 12.2 Å². The minimum absolute atomic E-state index is 0.0901. The van der Waals surface area contributed by atoms with E-state index in [0.29, 0.717) is 6.54 Å². The maximum atomic E-state index is 12.0. The van der Waals surface area contributed by atoms with Gasteiger partial charge in [0.05, 0.1) is 6.10 Å². The van der Waals surface area contributed by atoms with Gasteiger partial charge in [-0.3, -0.25) is 4.79 Å². The van der Waals surface area contributed by atoms with Gasteiger partial charge in [-0.1, -0.05) is 6.92 Å². The molecule has 1 aromatic heterocycles. The van der Waals surface area contributed by atoms with Crippen LogP contribution in [0.1, 0.15) is 29.5 Å². The van der Waals surface area contributed by atoms with Gasteiger partial charge in [-0.25, -0.2) is 0 Å². The van der Waals surface area contributed by atoms with E-state index >= 15 is 0 Å². The lowest BCUT2D eigenvalue weighted by Crippen LogP contribution is -2.32. The zero-order valence-electron chi connectivity index (χ0n) is 11.5. The molecule has 1 unspecified atom stereocenters. The Hall–Kier alpha value is -1.64. The number of carbonyl (C=O) groups is 1. The first-order valence-corrected chi connectivity index (χ1v) is 7.65.